The molecule has 6 nitrogen and oxygen atoms in total. The van der Waals surface area contributed by atoms with Crippen LogP contribution in [0, 0.1) is 0 Å². The quantitative estimate of drug-likeness (QED) is 0.202. The van der Waals surface area contributed by atoms with Crippen molar-refractivity contribution in [1.29, 1.82) is 0 Å². The van der Waals surface area contributed by atoms with E-state index in [2.05, 4.69) is 46.6 Å². The zero-order valence-corrected chi connectivity index (χ0v) is 11.9. The number of aliphatic imine (C=N–C) groups is 1. The molecule has 0 aromatic carbocycles. The lowest BCUT2D eigenvalue weighted by molar-refractivity contribution is 0.119. The van der Waals surface area contributed by atoms with E-state index in [-0.39, 0.29) is 0 Å². The molecule has 0 aromatic heterocycles. The highest BCUT2D eigenvalue weighted by molar-refractivity contribution is 5.79. The van der Waals surface area contributed by atoms with Gasteiger partial charge in [0.15, 0.2) is 0 Å². The van der Waals surface area contributed by atoms with E-state index in [1.54, 1.807) is 0 Å². The van der Waals surface area contributed by atoms with Crippen molar-refractivity contribution >= 4 is 5.96 Å². The van der Waals surface area contributed by atoms with E-state index >= 15 is 0 Å². The number of piperazine rings is 1. The Kier molecular flexibility index (Phi) is 7.00. The third kappa shape index (κ3) is 5.20. The van der Waals surface area contributed by atoms with Crippen molar-refractivity contribution in [3.05, 3.63) is 0 Å². The summed E-state index contributed by atoms with van der Waals surface area (Å²) in [5.41, 5.74) is 2.63. The van der Waals surface area contributed by atoms with Gasteiger partial charge in [0, 0.05) is 32.2 Å². The maximum absolute atomic E-state index is 5.47. The lowest BCUT2D eigenvalue weighted by atomic mass is 10.2. The maximum atomic E-state index is 5.47. The van der Waals surface area contributed by atoms with Crippen molar-refractivity contribution in [1.82, 2.24) is 20.5 Å². The number of unbranched alkanes of at least 4 members (excludes halogenated alkanes) is 1. The number of nitrogens with two attached hydrogens (primary N) is 1. The van der Waals surface area contributed by atoms with E-state index in [0.29, 0.717) is 12.0 Å². The van der Waals surface area contributed by atoms with Crippen LogP contribution < -0.4 is 16.6 Å². The number of guanidine groups is 1. The van der Waals surface area contributed by atoms with Crippen LogP contribution in [0.25, 0.3) is 0 Å². The zero-order chi connectivity index (χ0) is 13.4. The van der Waals surface area contributed by atoms with Crippen molar-refractivity contribution in [3.8, 4) is 0 Å². The van der Waals surface area contributed by atoms with Crippen molar-refractivity contribution < 1.29 is 0 Å². The van der Waals surface area contributed by atoms with Crippen LogP contribution in [0.3, 0.4) is 0 Å². The van der Waals surface area contributed by atoms with E-state index in [4.69, 9.17) is 5.84 Å². The summed E-state index contributed by atoms with van der Waals surface area (Å²) < 4.78 is 0. The molecule has 0 aliphatic carbocycles. The smallest absolute Gasteiger partial charge is 0.205 e. The highest BCUT2D eigenvalue weighted by atomic mass is 15.3. The van der Waals surface area contributed by atoms with Crippen LogP contribution in [-0.2, 0) is 0 Å². The molecule has 0 saturated carbocycles. The molecule has 18 heavy (non-hydrogen) atoms. The van der Waals surface area contributed by atoms with E-state index in [0.717, 1.165) is 39.1 Å². The van der Waals surface area contributed by atoms with E-state index in [1.807, 2.05) is 0 Å². The van der Waals surface area contributed by atoms with E-state index < -0.39 is 0 Å². The second-order valence-corrected chi connectivity index (χ2v) is 5.01. The van der Waals surface area contributed by atoms with Gasteiger partial charge in [-0.15, -0.1) is 0 Å². The molecular weight excluding hydrogens is 228 g/mol. The molecule has 1 aliphatic rings. The van der Waals surface area contributed by atoms with Crippen LogP contribution in [0.2, 0.25) is 0 Å². The largest absolute Gasteiger partial charge is 0.355 e. The fourth-order valence-corrected chi connectivity index (χ4v) is 2.03. The molecule has 1 aliphatic heterocycles. The first kappa shape index (κ1) is 15.2. The van der Waals surface area contributed by atoms with Gasteiger partial charge in [-0.1, -0.05) is 13.3 Å². The van der Waals surface area contributed by atoms with Gasteiger partial charge in [0.1, 0.15) is 0 Å². The van der Waals surface area contributed by atoms with Crippen molar-refractivity contribution in [3.63, 3.8) is 0 Å². The van der Waals surface area contributed by atoms with Crippen molar-refractivity contribution in [2.45, 2.75) is 25.8 Å². The Morgan fingerprint density at radius 3 is 2.83 bits per heavy atom. The first-order valence-electron chi connectivity index (χ1n) is 6.81. The van der Waals surface area contributed by atoms with Crippen molar-refractivity contribution in [2.75, 3.05) is 46.8 Å². The van der Waals surface area contributed by atoms with Crippen LogP contribution in [0.5, 0.6) is 0 Å². The molecule has 1 rings (SSSR count). The molecule has 0 spiro atoms. The summed E-state index contributed by atoms with van der Waals surface area (Å²) in [7, 11) is 4.32. The molecule has 0 amide bonds. The maximum Gasteiger partial charge on any atom is 0.205 e. The SMILES string of the molecule is CCCCNC(=NCC1CN(C)CCN1C)NN. The van der Waals surface area contributed by atoms with Gasteiger partial charge in [-0.05, 0) is 20.5 Å². The minimum absolute atomic E-state index is 0.472. The molecule has 0 bridgehead atoms. The molecule has 1 heterocycles. The van der Waals surface area contributed by atoms with Crippen LogP contribution in [0.1, 0.15) is 19.8 Å². The Labute approximate surface area is 111 Å². The van der Waals surface area contributed by atoms with Crippen LogP contribution >= 0.6 is 0 Å². The Morgan fingerprint density at radius 1 is 1.39 bits per heavy atom. The second-order valence-electron chi connectivity index (χ2n) is 5.01. The standard InChI is InChI=1S/C12H28N6/c1-4-5-6-14-12(16-13)15-9-11-10-17(2)7-8-18(11)3/h11H,4-10,13H2,1-3H3,(H2,14,15,16). The topological polar surface area (TPSA) is 68.9 Å². The zero-order valence-electron chi connectivity index (χ0n) is 11.9. The summed E-state index contributed by atoms with van der Waals surface area (Å²) in [5.74, 6) is 6.16. The Balaban J connectivity index is 2.38. The molecule has 106 valence electrons. The molecule has 4 N–H and O–H groups in total. The fraction of sp³-hybridized carbons (Fsp3) is 0.917. The number of rotatable bonds is 5. The van der Waals surface area contributed by atoms with Gasteiger partial charge < -0.3 is 10.2 Å². The number of hydrogen-bond acceptors (Lipinski definition) is 4. The first-order valence-corrected chi connectivity index (χ1v) is 6.81. The van der Waals surface area contributed by atoms with Crippen LogP contribution in [0.4, 0.5) is 0 Å². The fourth-order valence-electron chi connectivity index (χ4n) is 2.03. The summed E-state index contributed by atoms with van der Waals surface area (Å²) in [6.07, 6.45) is 2.30. The van der Waals surface area contributed by atoms with Gasteiger partial charge in [0.25, 0.3) is 0 Å². The van der Waals surface area contributed by atoms with Gasteiger partial charge >= 0.3 is 0 Å². The minimum atomic E-state index is 0.472. The molecule has 1 unspecified atom stereocenters. The number of nitrogens with zero attached hydrogens (tertiary/aromatic N) is 3. The predicted octanol–water partition coefficient (Wildman–Crippen LogP) is -0.559. The normalized spacial score (nSPS) is 23.1. The second kappa shape index (κ2) is 8.29. The van der Waals surface area contributed by atoms with Gasteiger partial charge in [-0.2, -0.15) is 0 Å². The monoisotopic (exact) mass is 256 g/mol. The van der Waals surface area contributed by atoms with Crippen LogP contribution in [0.15, 0.2) is 4.99 Å². The van der Waals surface area contributed by atoms with Crippen LogP contribution in [-0.4, -0.2) is 68.6 Å². The summed E-state index contributed by atoms with van der Waals surface area (Å²) in [6, 6.07) is 0.472. The molecule has 0 aromatic rings. The van der Waals surface area contributed by atoms with Crippen molar-refractivity contribution in [2.24, 2.45) is 10.8 Å². The third-order valence-electron chi connectivity index (χ3n) is 3.40. The van der Waals surface area contributed by atoms with E-state index in [9.17, 15) is 0 Å². The number of likely N-dealkylation sites (N-methyl/N-ethyl adjacent to an activating group) is 2. The summed E-state index contributed by atoms with van der Waals surface area (Å²) in [5, 5.41) is 3.22. The minimum Gasteiger partial charge on any atom is -0.355 e. The molecule has 1 fully saturated rings. The number of hydrazine groups is 1. The summed E-state index contributed by atoms with van der Waals surface area (Å²) in [4.78, 5) is 9.24. The molecule has 6 heteroatoms. The van der Waals surface area contributed by atoms with Gasteiger partial charge in [-0.3, -0.25) is 15.3 Å². The first-order chi connectivity index (χ1) is 8.67. The average molecular weight is 256 g/mol. The third-order valence-corrected chi connectivity index (χ3v) is 3.40. The summed E-state index contributed by atoms with van der Waals surface area (Å²) >= 11 is 0. The highest BCUT2D eigenvalue weighted by Crippen LogP contribution is 2.05. The lowest BCUT2D eigenvalue weighted by Crippen LogP contribution is -2.52. The van der Waals surface area contributed by atoms with Gasteiger partial charge in [-0.25, -0.2) is 5.84 Å². The Hall–Kier alpha value is -0.850. The summed E-state index contributed by atoms with van der Waals surface area (Å²) in [6.45, 7) is 7.16. The molecule has 0 radical (unpaired) electrons. The Morgan fingerprint density at radius 2 is 2.17 bits per heavy atom. The molecule has 1 atom stereocenters. The molecule has 1 saturated heterocycles. The highest BCUT2D eigenvalue weighted by Gasteiger charge is 2.21. The number of nitrogens with one attached hydrogen (secondary N) is 2. The number of hydrogen-bond donors (Lipinski definition) is 3. The average Bonchev–Trinajstić information content (AvgIpc) is 2.37. The van der Waals surface area contributed by atoms with Gasteiger partial charge in [0.05, 0.1) is 6.54 Å². The Bertz CT molecular complexity index is 255. The van der Waals surface area contributed by atoms with E-state index in [1.165, 1.54) is 6.42 Å². The lowest BCUT2D eigenvalue weighted by Gasteiger charge is -2.36. The predicted molar refractivity (Wildman–Crippen MR) is 76.5 cm³/mol. The van der Waals surface area contributed by atoms with Gasteiger partial charge in [0.2, 0.25) is 5.96 Å². The molecular formula is C12H28N6.